The number of nitrogens with zero attached hydrogens (tertiary/aromatic N) is 1. The Bertz CT molecular complexity index is 293. The van der Waals surface area contributed by atoms with E-state index in [1.165, 1.54) is 51.6 Å². The van der Waals surface area contributed by atoms with Crippen LogP contribution in [0.4, 0.5) is 0 Å². The van der Waals surface area contributed by atoms with E-state index in [1.54, 1.807) is 0 Å². The second-order valence-electron chi connectivity index (χ2n) is 7.70. The summed E-state index contributed by atoms with van der Waals surface area (Å²) in [5.41, 5.74) is 0.490. The second-order valence-corrected chi connectivity index (χ2v) is 7.70. The molecular weight excluding hydrogens is 248 g/mol. The van der Waals surface area contributed by atoms with E-state index in [0.717, 1.165) is 12.5 Å². The lowest BCUT2D eigenvalue weighted by Gasteiger charge is -2.43. The van der Waals surface area contributed by atoms with E-state index in [0.29, 0.717) is 24.1 Å². The lowest BCUT2D eigenvalue weighted by Crippen LogP contribution is -2.49. The van der Waals surface area contributed by atoms with Crippen LogP contribution in [-0.4, -0.2) is 48.3 Å². The van der Waals surface area contributed by atoms with Crippen LogP contribution < -0.4 is 5.32 Å². The summed E-state index contributed by atoms with van der Waals surface area (Å²) < 4.78 is 0. The largest absolute Gasteiger partial charge is 0.395 e. The molecule has 0 spiro atoms. The van der Waals surface area contributed by atoms with E-state index < -0.39 is 0 Å². The molecule has 0 amide bonds. The van der Waals surface area contributed by atoms with Gasteiger partial charge in [0, 0.05) is 18.6 Å². The molecule has 2 rings (SSSR count). The van der Waals surface area contributed by atoms with Crippen molar-refractivity contribution in [2.45, 2.75) is 71.4 Å². The van der Waals surface area contributed by atoms with Gasteiger partial charge in [-0.05, 0) is 62.9 Å². The molecule has 0 radical (unpaired) electrons. The highest BCUT2D eigenvalue weighted by atomic mass is 16.3. The topological polar surface area (TPSA) is 35.5 Å². The molecule has 1 saturated heterocycles. The number of hydrogen-bond acceptors (Lipinski definition) is 3. The number of rotatable bonds is 6. The molecule has 0 bridgehead atoms. The van der Waals surface area contributed by atoms with Gasteiger partial charge in [0.2, 0.25) is 0 Å². The van der Waals surface area contributed by atoms with Gasteiger partial charge in [-0.1, -0.05) is 20.8 Å². The van der Waals surface area contributed by atoms with Crippen molar-refractivity contribution in [3.05, 3.63) is 0 Å². The van der Waals surface area contributed by atoms with E-state index in [2.05, 4.69) is 31.0 Å². The second kappa shape index (κ2) is 7.24. The smallest absolute Gasteiger partial charge is 0.0586 e. The average Bonchev–Trinajstić information content (AvgIpc) is 2.84. The van der Waals surface area contributed by atoms with E-state index in [4.69, 9.17) is 0 Å². The van der Waals surface area contributed by atoms with Crippen molar-refractivity contribution >= 4 is 0 Å². The number of aliphatic hydroxyl groups excluding tert-OH is 1. The maximum absolute atomic E-state index is 9.52. The molecule has 20 heavy (non-hydrogen) atoms. The molecule has 118 valence electrons. The number of hydrogen-bond donors (Lipinski definition) is 2. The van der Waals surface area contributed by atoms with Crippen molar-refractivity contribution in [1.82, 2.24) is 10.2 Å². The summed E-state index contributed by atoms with van der Waals surface area (Å²) in [6, 6.07) is 1.11. The van der Waals surface area contributed by atoms with Crippen molar-refractivity contribution in [2.75, 3.05) is 26.2 Å². The fourth-order valence-electron chi connectivity index (χ4n) is 4.17. The van der Waals surface area contributed by atoms with Gasteiger partial charge >= 0.3 is 0 Å². The molecule has 1 heterocycles. The van der Waals surface area contributed by atoms with Gasteiger partial charge in [-0.25, -0.2) is 0 Å². The quantitative estimate of drug-likeness (QED) is 0.786. The molecule has 0 aromatic rings. The first-order chi connectivity index (χ1) is 9.55. The summed E-state index contributed by atoms with van der Waals surface area (Å²) in [6.45, 7) is 10.9. The first kappa shape index (κ1) is 16.3. The monoisotopic (exact) mass is 282 g/mol. The lowest BCUT2D eigenvalue weighted by atomic mass is 9.69. The Balaban J connectivity index is 1.95. The van der Waals surface area contributed by atoms with Gasteiger partial charge in [0.15, 0.2) is 0 Å². The zero-order valence-corrected chi connectivity index (χ0v) is 13.7. The fourth-order valence-corrected chi connectivity index (χ4v) is 4.17. The van der Waals surface area contributed by atoms with Crippen LogP contribution in [0.25, 0.3) is 0 Å². The zero-order valence-electron chi connectivity index (χ0n) is 13.7. The molecule has 1 saturated carbocycles. The van der Waals surface area contributed by atoms with Crippen molar-refractivity contribution in [1.29, 1.82) is 0 Å². The summed E-state index contributed by atoms with van der Waals surface area (Å²) in [5, 5.41) is 13.3. The van der Waals surface area contributed by atoms with Crippen molar-refractivity contribution in [2.24, 2.45) is 11.3 Å². The van der Waals surface area contributed by atoms with Crippen LogP contribution in [0.5, 0.6) is 0 Å². The summed E-state index contributed by atoms with van der Waals surface area (Å²) >= 11 is 0. The molecule has 2 aliphatic rings. The third-order valence-electron chi connectivity index (χ3n) is 5.35. The third kappa shape index (κ3) is 4.19. The molecule has 2 fully saturated rings. The van der Waals surface area contributed by atoms with Gasteiger partial charge in [0.1, 0.15) is 0 Å². The van der Waals surface area contributed by atoms with Crippen molar-refractivity contribution < 1.29 is 5.11 Å². The van der Waals surface area contributed by atoms with Gasteiger partial charge in [0.05, 0.1) is 6.61 Å². The summed E-state index contributed by atoms with van der Waals surface area (Å²) in [4.78, 5) is 2.55. The molecule has 0 aromatic heterocycles. The average molecular weight is 282 g/mol. The van der Waals surface area contributed by atoms with E-state index in [-0.39, 0.29) is 0 Å². The van der Waals surface area contributed by atoms with Crippen LogP contribution in [0.1, 0.15) is 59.3 Å². The van der Waals surface area contributed by atoms with E-state index in [9.17, 15) is 5.11 Å². The highest BCUT2D eigenvalue weighted by Gasteiger charge is 2.37. The molecule has 2 N–H and O–H groups in total. The molecular formula is C17H34N2O. The molecule has 3 nitrogen and oxygen atoms in total. The first-order valence-corrected chi connectivity index (χ1v) is 8.64. The van der Waals surface area contributed by atoms with Gasteiger partial charge in [-0.3, -0.25) is 4.90 Å². The van der Waals surface area contributed by atoms with Gasteiger partial charge in [-0.2, -0.15) is 0 Å². The van der Waals surface area contributed by atoms with E-state index in [1.807, 2.05) is 0 Å². The Labute approximate surface area is 125 Å². The van der Waals surface area contributed by atoms with Crippen LogP contribution in [0.2, 0.25) is 0 Å². The predicted octanol–water partition coefficient (Wildman–Crippen LogP) is 2.64. The Hall–Kier alpha value is -0.120. The normalized spacial score (nSPS) is 34.5. The van der Waals surface area contributed by atoms with Crippen LogP contribution >= 0.6 is 0 Å². The highest BCUT2D eigenvalue weighted by molar-refractivity contribution is 4.92. The molecule has 3 unspecified atom stereocenters. The highest BCUT2D eigenvalue weighted by Crippen LogP contribution is 2.39. The maximum atomic E-state index is 9.52. The Morgan fingerprint density at radius 1 is 1.30 bits per heavy atom. The number of nitrogens with one attached hydrogen (secondary N) is 1. The van der Waals surface area contributed by atoms with Gasteiger partial charge in [-0.15, -0.1) is 0 Å². The maximum Gasteiger partial charge on any atom is 0.0586 e. The Kier molecular flexibility index (Phi) is 5.88. The minimum absolute atomic E-state index is 0.336. The Morgan fingerprint density at radius 3 is 2.80 bits per heavy atom. The van der Waals surface area contributed by atoms with Crippen LogP contribution in [0.15, 0.2) is 0 Å². The van der Waals surface area contributed by atoms with Crippen LogP contribution in [0.3, 0.4) is 0 Å². The van der Waals surface area contributed by atoms with E-state index >= 15 is 0 Å². The van der Waals surface area contributed by atoms with Crippen molar-refractivity contribution in [3.8, 4) is 0 Å². The molecule has 3 atom stereocenters. The third-order valence-corrected chi connectivity index (χ3v) is 5.35. The minimum Gasteiger partial charge on any atom is -0.395 e. The zero-order chi connectivity index (χ0) is 14.6. The first-order valence-electron chi connectivity index (χ1n) is 8.64. The van der Waals surface area contributed by atoms with Crippen molar-refractivity contribution in [3.63, 3.8) is 0 Å². The Morgan fingerprint density at radius 2 is 2.10 bits per heavy atom. The molecule has 3 heteroatoms. The standard InChI is InChI=1S/C17H34N2O/c1-4-9-18-16-7-8-17(2,3)11-14(16)12-19-10-5-6-15(19)13-20/h14-16,18,20H,4-13H2,1-3H3. The number of aliphatic hydroxyl groups is 1. The summed E-state index contributed by atoms with van der Waals surface area (Å²) in [6.07, 6.45) is 7.64. The molecule has 1 aliphatic heterocycles. The predicted molar refractivity (Wildman–Crippen MR) is 84.9 cm³/mol. The molecule has 0 aromatic carbocycles. The minimum atomic E-state index is 0.336. The summed E-state index contributed by atoms with van der Waals surface area (Å²) in [5.74, 6) is 0.748. The number of likely N-dealkylation sites (tertiary alicyclic amines) is 1. The SMILES string of the molecule is CCCNC1CCC(C)(C)CC1CN1CCCC1CO. The fraction of sp³-hybridized carbons (Fsp3) is 1.00. The summed E-state index contributed by atoms with van der Waals surface area (Å²) in [7, 11) is 0. The van der Waals surface area contributed by atoms with Crippen LogP contribution in [-0.2, 0) is 0 Å². The van der Waals surface area contributed by atoms with Gasteiger partial charge < -0.3 is 10.4 Å². The molecule has 1 aliphatic carbocycles. The van der Waals surface area contributed by atoms with Crippen LogP contribution in [0, 0.1) is 11.3 Å². The van der Waals surface area contributed by atoms with Gasteiger partial charge in [0.25, 0.3) is 0 Å². The lowest BCUT2D eigenvalue weighted by molar-refractivity contribution is 0.0801.